The van der Waals surface area contributed by atoms with Crippen molar-refractivity contribution in [3.05, 3.63) is 5.69 Å². The Balaban J connectivity index is 2.80. The lowest BCUT2D eigenvalue weighted by Crippen LogP contribution is -2.40. The van der Waals surface area contributed by atoms with Gasteiger partial charge in [0.25, 0.3) is 5.91 Å². The second-order valence-corrected chi connectivity index (χ2v) is 3.40. The van der Waals surface area contributed by atoms with Crippen molar-refractivity contribution < 1.29 is 14.2 Å². The summed E-state index contributed by atoms with van der Waals surface area (Å²) in [4.78, 5) is 24.6. The highest BCUT2D eigenvalue weighted by molar-refractivity contribution is 5.97. The Morgan fingerprint density at radius 2 is 2.18 bits per heavy atom. The second-order valence-electron chi connectivity index (χ2n) is 3.40. The first-order chi connectivity index (χ1) is 8.10. The Morgan fingerprint density at radius 1 is 1.47 bits per heavy atom. The molecule has 0 spiro atoms. The van der Waals surface area contributed by atoms with Crippen molar-refractivity contribution in [1.82, 2.24) is 20.5 Å². The van der Waals surface area contributed by atoms with Crippen LogP contribution in [-0.4, -0.2) is 47.2 Å². The largest absolute Gasteiger partial charge is 0.379 e. The number of hydrogen-bond acceptors (Lipinski definition) is 6. The van der Waals surface area contributed by atoms with Gasteiger partial charge in [-0.2, -0.15) is 0 Å². The summed E-state index contributed by atoms with van der Waals surface area (Å²) in [6.45, 7) is 2.28. The fraction of sp³-hybridized carbons (Fsp3) is 0.556. The van der Waals surface area contributed by atoms with Crippen LogP contribution < -0.4 is 11.1 Å². The molecule has 1 aromatic heterocycles. The van der Waals surface area contributed by atoms with E-state index < -0.39 is 5.91 Å². The molecule has 0 fully saturated rings. The normalized spacial score (nSPS) is 10.0. The van der Waals surface area contributed by atoms with Crippen LogP contribution in [0.4, 0.5) is 5.82 Å². The number of amides is 2. The zero-order chi connectivity index (χ0) is 12.8. The summed E-state index contributed by atoms with van der Waals surface area (Å²) in [5, 5.41) is 9.19. The number of hydrogen-bond donors (Lipinski definition) is 2. The van der Waals surface area contributed by atoms with Gasteiger partial charge in [-0.15, -0.1) is 0 Å². The van der Waals surface area contributed by atoms with Crippen LogP contribution in [0.1, 0.15) is 23.8 Å². The Hall–Kier alpha value is -2.12. The molecule has 0 aliphatic heterocycles. The van der Waals surface area contributed by atoms with Crippen LogP contribution in [0.3, 0.4) is 0 Å². The van der Waals surface area contributed by atoms with Gasteiger partial charge in [-0.1, -0.05) is 6.92 Å². The minimum absolute atomic E-state index is 0.0462. The number of likely N-dealkylation sites (N-methyl/N-ethyl adjacent to an activating group) is 1. The molecule has 0 unspecified atom stereocenters. The molecule has 0 radical (unpaired) electrons. The van der Waals surface area contributed by atoms with Crippen molar-refractivity contribution >= 4 is 17.6 Å². The quantitative estimate of drug-likeness (QED) is 0.701. The van der Waals surface area contributed by atoms with Crippen LogP contribution >= 0.6 is 0 Å². The first kappa shape index (κ1) is 12.9. The van der Waals surface area contributed by atoms with E-state index in [2.05, 4.69) is 20.3 Å². The number of nitrogen functional groups attached to an aromatic ring is 1. The lowest BCUT2D eigenvalue weighted by molar-refractivity contribution is -0.121. The van der Waals surface area contributed by atoms with Crippen LogP contribution in [0.5, 0.6) is 0 Å². The average molecular weight is 241 g/mol. The highest BCUT2D eigenvalue weighted by Gasteiger charge is 2.23. The number of carbonyl (C=O) groups excluding carboxylic acids is 2. The third-order valence-electron chi connectivity index (χ3n) is 2.11. The summed E-state index contributed by atoms with van der Waals surface area (Å²) >= 11 is 0. The zero-order valence-electron chi connectivity index (χ0n) is 9.77. The number of carbonyl (C=O) groups is 2. The minimum Gasteiger partial charge on any atom is -0.379 e. The van der Waals surface area contributed by atoms with E-state index in [1.807, 2.05) is 6.92 Å². The van der Waals surface area contributed by atoms with Crippen LogP contribution in [0, 0.1) is 0 Å². The zero-order valence-corrected chi connectivity index (χ0v) is 9.77. The molecule has 1 aromatic rings. The maximum absolute atomic E-state index is 12.0. The van der Waals surface area contributed by atoms with Crippen molar-refractivity contribution in [1.29, 1.82) is 0 Å². The van der Waals surface area contributed by atoms with E-state index >= 15 is 0 Å². The molecular formula is C9H15N5O3. The van der Waals surface area contributed by atoms with E-state index in [1.54, 1.807) is 0 Å². The van der Waals surface area contributed by atoms with E-state index in [1.165, 1.54) is 11.9 Å². The van der Waals surface area contributed by atoms with Crippen LogP contribution in [0.2, 0.25) is 0 Å². The molecule has 0 aliphatic rings. The van der Waals surface area contributed by atoms with Gasteiger partial charge in [-0.25, -0.2) is 4.63 Å². The highest BCUT2D eigenvalue weighted by Crippen LogP contribution is 2.08. The third-order valence-corrected chi connectivity index (χ3v) is 2.11. The van der Waals surface area contributed by atoms with Crippen LogP contribution in [0.25, 0.3) is 0 Å². The van der Waals surface area contributed by atoms with Crippen molar-refractivity contribution in [2.45, 2.75) is 13.3 Å². The Bertz CT molecular complexity index is 403. The number of nitrogens with zero attached hydrogens (tertiary/aromatic N) is 3. The summed E-state index contributed by atoms with van der Waals surface area (Å²) < 4.78 is 4.35. The second kappa shape index (κ2) is 5.83. The highest BCUT2D eigenvalue weighted by atomic mass is 16.6. The Labute approximate surface area is 98.1 Å². The molecule has 8 nitrogen and oxygen atoms in total. The molecule has 0 aliphatic carbocycles. The maximum Gasteiger partial charge on any atom is 0.280 e. The SMILES string of the molecule is CCCN(CC(=O)NC)C(=O)c1nonc1N. The van der Waals surface area contributed by atoms with Gasteiger partial charge in [-0.05, 0) is 16.7 Å². The van der Waals surface area contributed by atoms with Crippen molar-refractivity contribution in [2.24, 2.45) is 0 Å². The molecular weight excluding hydrogens is 226 g/mol. The van der Waals surface area contributed by atoms with Crippen molar-refractivity contribution in [3.8, 4) is 0 Å². The van der Waals surface area contributed by atoms with Crippen LogP contribution in [-0.2, 0) is 4.79 Å². The van der Waals surface area contributed by atoms with Gasteiger partial charge < -0.3 is 16.0 Å². The summed E-state index contributed by atoms with van der Waals surface area (Å²) in [7, 11) is 1.50. The monoisotopic (exact) mass is 241 g/mol. The molecule has 17 heavy (non-hydrogen) atoms. The van der Waals surface area contributed by atoms with Gasteiger partial charge in [0.2, 0.25) is 17.4 Å². The van der Waals surface area contributed by atoms with Gasteiger partial charge in [0.15, 0.2) is 0 Å². The molecule has 0 saturated heterocycles. The first-order valence-corrected chi connectivity index (χ1v) is 5.18. The molecule has 0 aromatic carbocycles. The van der Waals surface area contributed by atoms with Gasteiger partial charge >= 0.3 is 0 Å². The number of anilines is 1. The topological polar surface area (TPSA) is 114 Å². The molecule has 3 N–H and O–H groups in total. The smallest absolute Gasteiger partial charge is 0.280 e. The fourth-order valence-corrected chi connectivity index (χ4v) is 1.27. The van der Waals surface area contributed by atoms with E-state index in [0.717, 1.165) is 0 Å². The van der Waals surface area contributed by atoms with Crippen molar-refractivity contribution in [2.75, 3.05) is 25.9 Å². The number of nitrogens with one attached hydrogen (secondary N) is 1. The first-order valence-electron chi connectivity index (χ1n) is 5.18. The predicted molar refractivity (Wildman–Crippen MR) is 59.0 cm³/mol. The Morgan fingerprint density at radius 3 is 2.65 bits per heavy atom. The number of rotatable bonds is 5. The van der Waals surface area contributed by atoms with Gasteiger partial charge in [0, 0.05) is 13.6 Å². The number of aromatic nitrogens is 2. The van der Waals surface area contributed by atoms with Crippen molar-refractivity contribution in [3.63, 3.8) is 0 Å². The number of nitrogens with two attached hydrogens (primary N) is 1. The van der Waals surface area contributed by atoms with Gasteiger partial charge in [-0.3, -0.25) is 9.59 Å². The van der Waals surface area contributed by atoms with E-state index in [4.69, 9.17) is 5.73 Å². The molecule has 94 valence electrons. The van der Waals surface area contributed by atoms with Gasteiger partial charge in [0.05, 0.1) is 6.54 Å². The third kappa shape index (κ3) is 3.16. The summed E-state index contributed by atoms with van der Waals surface area (Å²) in [5.41, 5.74) is 5.36. The molecule has 2 amide bonds. The Kier molecular flexibility index (Phi) is 4.44. The summed E-state index contributed by atoms with van der Waals surface area (Å²) in [6, 6.07) is 0. The molecule has 0 saturated carbocycles. The molecule has 0 atom stereocenters. The van der Waals surface area contributed by atoms with E-state index in [-0.39, 0.29) is 24.0 Å². The summed E-state index contributed by atoms with van der Waals surface area (Å²) in [5.74, 6) is -0.802. The van der Waals surface area contributed by atoms with E-state index in [9.17, 15) is 9.59 Å². The van der Waals surface area contributed by atoms with Crippen LogP contribution in [0.15, 0.2) is 4.63 Å². The molecule has 1 rings (SSSR count). The lowest BCUT2D eigenvalue weighted by Gasteiger charge is -2.19. The molecule has 1 heterocycles. The lowest BCUT2D eigenvalue weighted by atomic mass is 10.3. The molecule has 8 heteroatoms. The fourth-order valence-electron chi connectivity index (χ4n) is 1.27. The van der Waals surface area contributed by atoms with Gasteiger partial charge in [0.1, 0.15) is 0 Å². The summed E-state index contributed by atoms with van der Waals surface area (Å²) in [6.07, 6.45) is 0.716. The van der Waals surface area contributed by atoms with E-state index in [0.29, 0.717) is 13.0 Å². The minimum atomic E-state index is -0.464. The average Bonchev–Trinajstić information content (AvgIpc) is 2.73. The predicted octanol–water partition coefficient (Wildman–Crippen LogP) is -0.750. The standard InChI is InChI=1S/C9H15N5O3/c1-3-4-14(5-6(15)11-2)9(16)7-8(10)13-17-12-7/h3-5H2,1-2H3,(H2,10,13)(H,11,15). The molecule has 0 bridgehead atoms. The maximum atomic E-state index is 12.0.